The molecular formula is C22H27N5O2. The van der Waals surface area contributed by atoms with Crippen LogP contribution in [0.3, 0.4) is 0 Å². The molecule has 0 bridgehead atoms. The zero-order valence-corrected chi connectivity index (χ0v) is 16.7. The van der Waals surface area contributed by atoms with E-state index in [0.717, 1.165) is 62.9 Å². The third kappa shape index (κ3) is 3.40. The van der Waals surface area contributed by atoms with Gasteiger partial charge in [0.2, 0.25) is 5.96 Å². The number of anilines is 1. The molecule has 0 spiro atoms. The standard InChI is InChI=1S/C22H27N5O2/c1-15-2-3-16(14-19(15)28)20-18-6-9-27(17-4-7-23-8-5-17)21(18)25-22(24-20)26-10-12-29-13-11-26/h2,4-5,7-8,14,16,21,28H,3,6,9-13H2,1H3,(H,24,25). The second-order valence-electron chi connectivity index (χ2n) is 7.92. The summed E-state index contributed by atoms with van der Waals surface area (Å²) in [7, 11) is 0. The van der Waals surface area contributed by atoms with Gasteiger partial charge in [-0.25, -0.2) is 4.99 Å². The van der Waals surface area contributed by atoms with Gasteiger partial charge in [-0.3, -0.25) is 4.98 Å². The fourth-order valence-electron chi connectivity index (χ4n) is 4.52. The van der Waals surface area contributed by atoms with Gasteiger partial charge in [-0.15, -0.1) is 0 Å². The van der Waals surface area contributed by atoms with Gasteiger partial charge in [-0.1, -0.05) is 6.08 Å². The molecule has 0 radical (unpaired) electrons. The predicted octanol–water partition coefficient (Wildman–Crippen LogP) is 2.57. The Morgan fingerprint density at radius 1 is 1.17 bits per heavy atom. The highest BCUT2D eigenvalue weighted by Crippen LogP contribution is 2.38. The number of guanidine groups is 1. The number of rotatable bonds is 2. The Morgan fingerprint density at radius 2 is 1.97 bits per heavy atom. The molecule has 29 heavy (non-hydrogen) atoms. The Labute approximate surface area is 171 Å². The van der Waals surface area contributed by atoms with Gasteiger partial charge >= 0.3 is 0 Å². The average molecular weight is 393 g/mol. The van der Waals surface area contributed by atoms with Gasteiger partial charge in [0.15, 0.2) is 0 Å². The van der Waals surface area contributed by atoms with Crippen molar-refractivity contribution in [1.82, 2.24) is 15.2 Å². The second-order valence-corrected chi connectivity index (χ2v) is 7.92. The minimum absolute atomic E-state index is 0.0194. The van der Waals surface area contributed by atoms with Crippen molar-refractivity contribution in [2.45, 2.75) is 25.9 Å². The number of aliphatic hydroxyl groups is 1. The highest BCUT2D eigenvalue weighted by atomic mass is 16.5. The predicted molar refractivity (Wildman–Crippen MR) is 113 cm³/mol. The van der Waals surface area contributed by atoms with E-state index in [1.807, 2.05) is 37.5 Å². The first-order valence-corrected chi connectivity index (χ1v) is 10.4. The lowest BCUT2D eigenvalue weighted by Gasteiger charge is -2.37. The Morgan fingerprint density at radius 3 is 2.72 bits per heavy atom. The lowest BCUT2D eigenvalue weighted by Crippen LogP contribution is -2.51. The van der Waals surface area contributed by atoms with Crippen molar-refractivity contribution in [2.24, 2.45) is 10.9 Å². The van der Waals surface area contributed by atoms with Gasteiger partial charge in [0.1, 0.15) is 11.9 Å². The number of aromatic nitrogens is 1. The molecule has 2 unspecified atom stereocenters. The second kappa shape index (κ2) is 7.55. The molecular weight excluding hydrogens is 366 g/mol. The topological polar surface area (TPSA) is 73.2 Å². The molecule has 7 nitrogen and oxygen atoms in total. The number of nitrogens with one attached hydrogen (secondary N) is 1. The van der Waals surface area contributed by atoms with Gasteiger partial charge in [-0.2, -0.15) is 0 Å². The lowest BCUT2D eigenvalue weighted by molar-refractivity contribution is 0.0664. The minimum Gasteiger partial charge on any atom is -0.508 e. The summed E-state index contributed by atoms with van der Waals surface area (Å²) in [6, 6.07) is 4.10. The zero-order valence-electron chi connectivity index (χ0n) is 16.7. The van der Waals surface area contributed by atoms with E-state index in [9.17, 15) is 5.11 Å². The Kier molecular flexibility index (Phi) is 4.75. The van der Waals surface area contributed by atoms with Crippen LogP contribution < -0.4 is 10.2 Å². The van der Waals surface area contributed by atoms with Crippen molar-refractivity contribution in [1.29, 1.82) is 0 Å². The van der Waals surface area contributed by atoms with E-state index >= 15 is 0 Å². The molecule has 0 amide bonds. The molecule has 4 aliphatic rings. The molecule has 4 heterocycles. The summed E-state index contributed by atoms with van der Waals surface area (Å²) in [5.41, 5.74) is 4.61. The maximum atomic E-state index is 10.3. The van der Waals surface area contributed by atoms with E-state index in [-0.39, 0.29) is 12.1 Å². The van der Waals surface area contributed by atoms with E-state index in [4.69, 9.17) is 9.73 Å². The van der Waals surface area contributed by atoms with Gasteiger partial charge < -0.3 is 25.0 Å². The molecule has 3 aliphatic heterocycles. The molecule has 152 valence electrons. The molecule has 0 aromatic carbocycles. The van der Waals surface area contributed by atoms with Crippen LogP contribution >= 0.6 is 0 Å². The van der Waals surface area contributed by atoms with Gasteiger partial charge in [0, 0.05) is 49.3 Å². The maximum Gasteiger partial charge on any atom is 0.200 e. The molecule has 2 saturated heterocycles. The molecule has 2 fully saturated rings. The molecule has 5 rings (SSSR count). The first-order chi connectivity index (χ1) is 14.2. The number of allylic oxidation sites excluding steroid dienone is 3. The zero-order chi connectivity index (χ0) is 19.8. The number of nitrogens with zero attached hydrogens (tertiary/aromatic N) is 4. The fraction of sp³-hybridized carbons (Fsp3) is 0.455. The van der Waals surface area contributed by atoms with Crippen LogP contribution in [0.15, 0.2) is 64.3 Å². The monoisotopic (exact) mass is 393 g/mol. The number of ether oxygens (including phenoxy) is 1. The van der Waals surface area contributed by atoms with E-state index in [0.29, 0.717) is 5.76 Å². The maximum absolute atomic E-state index is 10.3. The first kappa shape index (κ1) is 18.2. The van der Waals surface area contributed by atoms with E-state index in [1.165, 1.54) is 11.3 Å². The van der Waals surface area contributed by atoms with Crippen molar-refractivity contribution in [2.75, 3.05) is 37.7 Å². The van der Waals surface area contributed by atoms with E-state index < -0.39 is 0 Å². The summed E-state index contributed by atoms with van der Waals surface area (Å²) in [4.78, 5) is 13.9. The SMILES string of the molecule is CC1=CCC(C2=C3CCN(c4ccncc4)C3N=C(N3CCOCC3)N2)C=C1O. The highest BCUT2D eigenvalue weighted by molar-refractivity contribution is 5.84. The summed E-state index contributed by atoms with van der Waals surface area (Å²) in [6.07, 6.45) is 9.61. The molecule has 0 saturated carbocycles. The molecule has 1 aliphatic carbocycles. The van der Waals surface area contributed by atoms with Crippen LogP contribution in [0.1, 0.15) is 19.8 Å². The minimum atomic E-state index is -0.0194. The van der Waals surface area contributed by atoms with Crippen molar-refractivity contribution in [3.05, 3.63) is 59.3 Å². The third-order valence-electron chi connectivity index (χ3n) is 6.18. The quantitative estimate of drug-likeness (QED) is 0.805. The summed E-state index contributed by atoms with van der Waals surface area (Å²) in [5, 5.41) is 14.0. The summed E-state index contributed by atoms with van der Waals surface area (Å²) >= 11 is 0. The Hall–Kier alpha value is -2.80. The van der Waals surface area contributed by atoms with Crippen molar-refractivity contribution < 1.29 is 9.84 Å². The van der Waals surface area contributed by atoms with Gasteiger partial charge in [0.05, 0.1) is 13.2 Å². The number of aliphatic imine (C=N–C) groups is 1. The van der Waals surface area contributed by atoms with E-state index in [2.05, 4.69) is 26.2 Å². The van der Waals surface area contributed by atoms with Crippen LogP contribution in [0, 0.1) is 5.92 Å². The average Bonchev–Trinajstić information content (AvgIpc) is 3.20. The smallest absolute Gasteiger partial charge is 0.200 e. The fourth-order valence-corrected chi connectivity index (χ4v) is 4.52. The highest BCUT2D eigenvalue weighted by Gasteiger charge is 2.38. The largest absolute Gasteiger partial charge is 0.508 e. The third-order valence-corrected chi connectivity index (χ3v) is 6.18. The molecule has 2 N–H and O–H groups in total. The van der Waals surface area contributed by atoms with Gasteiger partial charge in [0.25, 0.3) is 0 Å². The van der Waals surface area contributed by atoms with Crippen LogP contribution in [0.25, 0.3) is 0 Å². The molecule has 1 aromatic rings. The molecule has 7 heteroatoms. The molecule has 1 aromatic heterocycles. The van der Waals surface area contributed by atoms with Crippen LogP contribution in [0.4, 0.5) is 5.69 Å². The number of hydrogen-bond acceptors (Lipinski definition) is 7. The summed E-state index contributed by atoms with van der Waals surface area (Å²) in [6.45, 7) is 5.99. The van der Waals surface area contributed by atoms with Crippen molar-refractivity contribution in [3.63, 3.8) is 0 Å². The van der Waals surface area contributed by atoms with Crippen molar-refractivity contribution in [3.8, 4) is 0 Å². The first-order valence-electron chi connectivity index (χ1n) is 10.4. The number of hydrogen-bond donors (Lipinski definition) is 2. The molecule has 2 atom stereocenters. The summed E-state index contributed by atoms with van der Waals surface area (Å²) < 4.78 is 5.53. The number of pyridine rings is 1. The summed E-state index contributed by atoms with van der Waals surface area (Å²) in [5.74, 6) is 1.43. The van der Waals surface area contributed by atoms with Crippen molar-refractivity contribution >= 4 is 11.6 Å². The lowest BCUT2D eigenvalue weighted by atomic mass is 9.89. The Bertz CT molecular complexity index is 899. The van der Waals surface area contributed by atoms with Crippen LogP contribution in [0.5, 0.6) is 0 Å². The number of aliphatic hydroxyl groups excluding tert-OH is 1. The van der Waals surface area contributed by atoms with Crippen LogP contribution in [0.2, 0.25) is 0 Å². The Balaban J connectivity index is 1.52. The van der Waals surface area contributed by atoms with E-state index in [1.54, 1.807) is 0 Å². The van der Waals surface area contributed by atoms with Gasteiger partial charge in [-0.05, 0) is 49.1 Å². The number of morpholine rings is 1. The van der Waals surface area contributed by atoms with Crippen LogP contribution in [-0.4, -0.2) is 60.0 Å². The normalized spacial score (nSPS) is 27.1. The number of fused-ring (bicyclic) bond motifs is 1. The van der Waals surface area contributed by atoms with Crippen LogP contribution in [-0.2, 0) is 4.74 Å².